The number of hydrogen-bond donors (Lipinski definition) is 0. The van der Waals surface area contributed by atoms with E-state index in [0.29, 0.717) is 23.0 Å². The number of aromatic nitrogens is 1. The lowest BCUT2D eigenvalue weighted by molar-refractivity contribution is -0.660. The number of hydrogen-bond acceptors (Lipinski definition) is 1. The van der Waals surface area contributed by atoms with Gasteiger partial charge in [0.05, 0.1) is 12.1 Å². The van der Waals surface area contributed by atoms with E-state index in [1.807, 2.05) is 57.5 Å². The molecule has 3 nitrogen and oxygen atoms in total. The van der Waals surface area contributed by atoms with Gasteiger partial charge >= 0.3 is 0 Å². The molecule has 0 unspecified atom stereocenters. The van der Waals surface area contributed by atoms with Crippen LogP contribution < -0.4 is 4.57 Å². The Morgan fingerprint density at radius 2 is 1.85 bits per heavy atom. The first kappa shape index (κ1) is 15.0. The van der Waals surface area contributed by atoms with Crippen LogP contribution >= 0.6 is 0 Å². The third kappa shape index (κ3) is 2.61. The van der Waals surface area contributed by atoms with Crippen molar-refractivity contribution < 1.29 is 11.7 Å². The Hall–Kier alpha value is -3.12. The molecule has 0 aliphatic carbocycles. The third-order valence-corrected chi connectivity index (χ3v) is 5.21. The maximum Gasteiger partial charge on any atom is 0.229 e. The number of fused-ring (bicyclic) bond motifs is 3. The van der Waals surface area contributed by atoms with Crippen molar-refractivity contribution >= 4 is 27.6 Å². The van der Waals surface area contributed by atoms with E-state index in [9.17, 15) is 0 Å². The van der Waals surface area contributed by atoms with Gasteiger partial charge in [-0.05, 0) is 36.4 Å². The number of benzene rings is 2. The molecule has 0 bridgehead atoms. The Kier molecular flexibility index (Phi) is 3.47. The number of rotatable bonds is 2. The van der Waals surface area contributed by atoms with Gasteiger partial charge in [0.2, 0.25) is 11.4 Å². The molecule has 3 heteroatoms. The Morgan fingerprint density at radius 1 is 1.11 bits per heavy atom. The van der Waals surface area contributed by atoms with Gasteiger partial charge in [0, 0.05) is 24.3 Å². The average Bonchev–Trinajstić information content (AvgIpc) is 3.04. The fourth-order valence-electron chi connectivity index (χ4n) is 3.65. The van der Waals surface area contributed by atoms with Crippen LogP contribution in [0.4, 0.5) is 5.69 Å². The molecule has 4 rings (SSSR count). The Bertz CT molecular complexity index is 1340. The van der Waals surface area contributed by atoms with Gasteiger partial charge in [-0.2, -0.15) is 0 Å². The van der Waals surface area contributed by atoms with Crippen LogP contribution in [0.5, 0.6) is 0 Å². The van der Waals surface area contributed by atoms with Gasteiger partial charge in [0.25, 0.3) is 0 Å². The zero-order valence-corrected chi connectivity index (χ0v) is 16.3. The summed E-state index contributed by atoms with van der Waals surface area (Å²) in [6, 6.07) is 11.6. The lowest BCUT2D eigenvalue weighted by Gasteiger charge is -2.09. The number of aryl methyl sites for hydroxylation is 2. The fourth-order valence-corrected chi connectivity index (χ4v) is 3.65. The molecule has 0 amide bonds. The van der Waals surface area contributed by atoms with Gasteiger partial charge in [0.1, 0.15) is 19.6 Å². The predicted octanol–water partition coefficient (Wildman–Crippen LogP) is 6.37. The molecule has 2 aromatic heterocycles. The molecule has 0 saturated carbocycles. The maximum atomic E-state index is 8.44. The minimum Gasteiger partial charge on any atom is -0.466 e. The van der Waals surface area contributed by atoms with E-state index >= 15 is 0 Å². The topological polar surface area (TPSA) is 21.4 Å². The summed E-state index contributed by atoms with van der Waals surface area (Å²) in [5.74, 6) is -0.817. The van der Waals surface area contributed by atoms with Crippen molar-refractivity contribution in [2.45, 2.75) is 33.6 Å². The molecule has 0 aliphatic rings. The summed E-state index contributed by atoms with van der Waals surface area (Å²) in [6.07, 6.45) is 0.336. The van der Waals surface area contributed by atoms with Gasteiger partial charge in [-0.1, -0.05) is 38.1 Å². The van der Waals surface area contributed by atoms with Crippen LogP contribution in [0.2, 0.25) is 0 Å². The highest BCUT2D eigenvalue weighted by Crippen LogP contribution is 2.41. The molecule has 0 aliphatic heterocycles. The Morgan fingerprint density at radius 3 is 2.56 bits per heavy atom. The largest absolute Gasteiger partial charge is 0.466 e. The summed E-state index contributed by atoms with van der Waals surface area (Å²) in [7, 11) is 1.86. The first-order chi connectivity index (χ1) is 13.6. The minimum atomic E-state index is -0.817. The molecule has 0 atom stereocenters. The van der Waals surface area contributed by atoms with Crippen molar-refractivity contribution in [2.75, 3.05) is 0 Å². The van der Waals surface area contributed by atoms with Crippen LogP contribution in [0, 0.1) is 20.4 Å². The first-order valence-corrected chi connectivity index (χ1v) is 8.98. The normalized spacial score (nSPS) is 12.9. The molecular weight excluding hydrogens is 332 g/mol. The molecule has 27 heavy (non-hydrogen) atoms. The van der Waals surface area contributed by atoms with E-state index in [0.717, 1.165) is 38.7 Å². The van der Waals surface area contributed by atoms with Crippen molar-refractivity contribution in [1.29, 1.82) is 0 Å². The van der Waals surface area contributed by atoms with E-state index < -0.39 is 5.89 Å². The quantitative estimate of drug-likeness (QED) is 0.302. The van der Waals surface area contributed by atoms with E-state index in [1.54, 1.807) is 12.1 Å². The molecule has 0 saturated heterocycles. The highest BCUT2D eigenvalue weighted by atomic mass is 16.3. The second kappa shape index (κ2) is 6.25. The molecule has 0 fully saturated rings. The number of pyridine rings is 1. The van der Waals surface area contributed by atoms with Gasteiger partial charge in [-0.15, -0.1) is 0 Å². The molecule has 4 aromatic rings. The zero-order valence-electron chi connectivity index (χ0n) is 18.3. The lowest BCUT2D eigenvalue weighted by Crippen LogP contribution is -2.31. The first-order valence-electron chi connectivity index (χ1n) is 9.98. The number of furan rings is 1. The van der Waals surface area contributed by atoms with Crippen LogP contribution in [-0.2, 0) is 7.05 Å². The van der Waals surface area contributed by atoms with Crippen molar-refractivity contribution in [3.8, 4) is 11.3 Å². The molecule has 134 valence electrons. The smallest absolute Gasteiger partial charge is 0.229 e. The van der Waals surface area contributed by atoms with Crippen LogP contribution in [0.1, 0.15) is 39.2 Å². The monoisotopic (exact) mass is 357 g/mol. The summed E-state index contributed by atoms with van der Waals surface area (Å²) in [6.45, 7) is 15.2. The van der Waals surface area contributed by atoms with E-state index in [4.69, 9.17) is 13.7 Å². The van der Waals surface area contributed by atoms with Crippen molar-refractivity contribution in [2.24, 2.45) is 7.05 Å². The molecular formula is C24H23N2O+. The summed E-state index contributed by atoms with van der Waals surface area (Å²) in [4.78, 5) is 3.63. The summed E-state index contributed by atoms with van der Waals surface area (Å²) < 4.78 is 25.0. The molecule has 2 aromatic carbocycles. The van der Waals surface area contributed by atoms with Crippen molar-refractivity contribution in [3.05, 3.63) is 70.7 Å². The molecule has 2 heterocycles. The fraction of sp³-hybridized carbons (Fsp3) is 0.250. The predicted molar refractivity (Wildman–Crippen MR) is 110 cm³/mol. The van der Waals surface area contributed by atoms with Crippen LogP contribution in [0.3, 0.4) is 0 Å². The van der Waals surface area contributed by atoms with Crippen molar-refractivity contribution in [1.82, 2.24) is 0 Å². The zero-order chi connectivity index (χ0) is 21.1. The Balaban J connectivity index is 2.17. The number of nitrogens with zero attached hydrogens (tertiary/aromatic N) is 2. The SMILES string of the molecule is [2H]c1cc(C([2H])(C)C)cc(-c2c(C)ccc3c2oc2c([N+]#[C-])ccc(C)c23)[n+]1C. The van der Waals surface area contributed by atoms with E-state index in [-0.39, 0.29) is 0 Å². The van der Waals surface area contributed by atoms with Crippen LogP contribution in [0.15, 0.2) is 47.0 Å². The van der Waals surface area contributed by atoms with Crippen molar-refractivity contribution in [3.63, 3.8) is 0 Å². The van der Waals surface area contributed by atoms with Gasteiger partial charge in [-0.3, -0.25) is 0 Å². The van der Waals surface area contributed by atoms with Gasteiger partial charge in [-0.25, -0.2) is 9.41 Å². The third-order valence-electron chi connectivity index (χ3n) is 5.21. The highest BCUT2D eigenvalue weighted by Gasteiger charge is 2.23. The summed E-state index contributed by atoms with van der Waals surface area (Å²) in [5, 5.41) is 1.92. The molecule has 0 spiro atoms. The van der Waals surface area contributed by atoms with E-state index in [2.05, 4.69) is 10.9 Å². The summed E-state index contributed by atoms with van der Waals surface area (Å²) >= 11 is 0. The molecule has 0 N–H and O–H groups in total. The van der Waals surface area contributed by atoms with Gasteiger partial charge in [0.15, 0.2) is 6.17 Å². The van der Waals surface area contributed by atoms with E-state index in [1.165, 1.54) is 0 Å². The van der Waals surface area contributed by atoms with Crippen LogP contribution in [0.25, 0.3) is 38.0 Å². The lowest BCUT2D eigenvalue weighted by atomic mass is 9.96. The Labute approximate surface area is 162 Å². The standard InChI is InChI=1S/C24H23N2O/c1-14(2)17-11-12-26(6)20(13-17)22-16(4)7-9-18-21-15(3)8-10-19(25-5)24(21)27-23(18)22/h7-14H,1-4,6H3/q+1/i12D,14D. The second-order valence-electron chi connectivity index (χ2n) is 7.27. The maximum absolute atomic E-state index is 8.44. The van der Waals surface area contributed by atoms with Gasteiger partial charge < -0.3 is 4.42 Å². The molecule has 0 radical (unpaired) electrons. The summed E-state index contributed by atoms with van der Waals surface area (Å²) in [5.41, 5.74) is 6.41. The second-order valence-corrected chi connectivity index (χ2v) is 7.27. The van der Waals surface area contributed by atoms with Crippen LogP contribution in [-0.4, -0.2) is 0 Å². The minimum absolute atomic E-state index is 0.336. The average molecular weight is 357 g/mol. The highest BCUT2D eigenvalue weighted by molar-refractivity contribution is 6.14.